The summed E-state index contributed by atoms with van der Waals surface area (Å²) in [5.41, 5.74) is 4.20. The van der Waals surface area contributed by atoms with Gasteiger partial charge in [-0.15, -0.1) is 0 Å². The van der Waals surface area contributed by atoms with E-state index in [4.69, 9.17) is 4.74 Å². The van der Waals surface area contributed by atoms with Crippen LogP contribution in [0.15, 0.2) is 48.5 Å². The van der Waals surface area contributed by atoms with E-state index in [-0.39, 0.29) is 11.5 Å². The monoisotopic (exact) mass is 295 g/mol. The Hall–Kier alpha value is -1.80. The van der Waals surface area contributed by atoms with Crippen molar-refractivity contribution in [2.24, 2.45) is 0 Å². The number of ether oxygens (including phenoxy) is 1. The molecule has 2 atom stereocenters. The predicted molar refractivity (Wildman–Crippen MR) is 91.5 cm³/mol. The maximum absolute atomic E-state index is 6.31. The fourth-order valence-corrected chi connectivity index (χ4v) is 3.14. The second-order valence-corrected chi connectivity index (χ2v) is 7.11. The van der Waals surface area contributed by atoms with Crippen molar-refractivity contribution >= 4 is 0 Å². The molecule has 3 rings (SSSR count). The lowest BCUT2D eigenvalue weighted by Gasteiger charge is -2.23. The van der Waals surface area contributed by atoms with Gasteiger partial charge >= 0.3 is 0 Å². The van der Waals surface area contributed by atoms with Crippen molar-refractivity contribution in [2.45, 2.75) is 44.8 Å². The average Bonchev–Trinajstić information content (AvgIpc) is 2.85. The molecule has 0 spiro atoms. The molecule has 2 aromatic rings. The summed E-state index contributed by atoms with van der Waals surface area (Å²) in [6, 6.07) is 17.4. The zero-order valence-electron chi connectivity index (χ0n) is 13.9. The summed E-state index contributed by atoms with van der Waals surface area (Å²) in [4.78, 5) is 0. The average molecular weight is 295 g/mol. The van der Waals surface area contributed by atoms with E-state index in [1.807, 2.05) is 7.05 Å². The van der Waals surface area contributed by atoms with Crippen molar-refractivity contribution in [1.82, 2.24) is 5.32 Å². The Labute approximate surface area is 133 Å². The standard InChI is InChI=1S/C20H25NO/c1-20(2,3)15-9-11-16(12-10-15)22-19-17-8-6-5-7-14(17)13-18(19)21-4/h5-12,18-19,21H,13H2,1-4H3/t18-,19+/m0/s1. The maximum Gasteiger partial charge on any atom is 0.140 e. The topological polar surface area (TPSA) is 21.3 Å². The van der Waals surface area contributed by atoms with Gasteiger partial charge in [0.1, 0.15) is 11.9 Å². The van der Waals surface area contributed by atoms with Gasteiger partial charge in [0.2, 0.25) is 0 Å². The second kappa shape index (κ2) is 5.77. The van der Waals surface area contributed by atoms with Crippen LogP contribution in [-0.4, -0.2) is 13.1 Å². The van der Waals surface area contributed by atoms with Gasteiger partial charge in [-0.3, -0.25) is 0 Å². The van der Waals surface area contributed by atoms with Gasteiger partial charge in [-0.05, 0) is 47.7 Å². The third-order valence-electron chi connectivity index (χ3n) is 4.52. The second-order valence-electron chi connectivity index (χ2n) is 7.11. The van der Waals surface area contributed by atoms with Crippen LogP contribution in [-0.2, 0) is 11.8 Å². The number of fused-ring (bicyclic) bond motifs is 1. The first-order chi connectivity index (χ1) is 10.5. The highest BCUT2D eigenvalue weighted by Crippen LogP contribution is 2.35. The summed E-state index contributed by atoms with van der Waals surface area (Å²) in [6.07, 6.45) is 1.11. The first kappa shape index (κ1) is 15.1. The van der Waals surface area contributed by atoms with Crippen LogP contribution in [0.2, 0.25) is 0 Å². The number of hydrogen-bond donors (Lipinski definition) is 1. The Bertz CT molecular complexity index is 640. The first-order valence-corrected chi connectivity index (χ1v) is 8.01. The smallest absolute Gasteiger partial charge is 0.140 e. The van der Waals surface area contributed by atoms with Crippen LogP contribution in [0.1, 0.15) is 43.6 Å². The van der Waals surface area contributed by atoms with Crippen LogP contribution in [0.3, 0.4) is 0 Å². The Kier molecular flexibility index (Phi) is 3.96. The summed E-state index contributed by atoms with van der Waals surface area (Å²) >= 11 is 0. The summed E-state index contributed by atoms with van der Waals surface area (Å²) in [7, 11) is 2.01. The van der Waals surface area contributed by atoms with Gasteiger partial charge in [0.15, 0.2) is 0 Å². The Morgan fingerprint density at radius 1 is 1.00 bits per heavy atom. The zero-order valence-corrected chi connectivity index (χ0v) is 13.9. The number of hydrogen-bond acceptors (Lipinski definition) is 2. The van der Waals surface area contributed by atoms with E-state index in [1.54, 1.807) is 0 Å². The molecule has 1 aliphatic rings. The highest BCUT2D eigenvalue weighted by Gasteiger charge is 2.32. The summed E-state index contributed by atoms with van der Waals surface area (Å²) < 4.78 is 6.31. The van der Waals surface area contributed by atoms with Crippen LogP contribution >= 0.6 is 0 Å². The highest BCUT2D eigenvalue weighted by atomic mass is 16.5. The molecule has 116 valence electrons. The molecule has 22 heavy (non-hydrogen) atoms. The minimum Gasteiger partial charge on any atom is -0.484 e. The molecule has 0 aliphatic heterocycles. The van der Waals surface area contributed by atoms with Gasteiger partial charge in [-0.1, -0.05) is 57.2 Å². The van der Waals surface area contributed by atoms with Crippen LogP contribution in [0.4, 0.5) is 0 Å². The Morgan fingerprint density at radius 3 is 2.32 bits per heavy atom. The molecule has 0 fully saturated rings. The SMILES string of the molecule is CN[C@H]1Cc2ccccc2[C@H]1Oc1ccc(C(C)(C)C)cc1. The number of benzene rings is 2. The minimum absolute atomic E-state index is 0.0849. The van der Waals surface area contributed by atoms with Crippen LogP contribution in [0.25, 0.3) is 0 Å². The minimum atomic E-state index is 0.0849. The molecule has 1 N–H and O–H groups in total. The molecule has 0 saturated carbocycles. The van der Waals surface area contributed by atoms with Crippen LogP contribution in [0.5, 0.6) is 5.75 Å². The zero-order chi connectivity index (χ0) is 15.7. The van der Waals surface area contributed by atoms with Gasteiger partial charge in [0.25, 0.3) is 0 Å². The summed E-state index contributed by atoms with van der Waals surface area (Å²) in [5, 5.41) is 3.39. The van der Waals surface area contributed by atoms with Crippen LogP contribution < -0.4 is 10.1 Å². The van der Waals surface area contributed by atoms with Gasteiger partial charge < -0.3 is 10.1 Å². The van der Waals surface area contributed by atoms with Crippen LogP contribution in [0, 0.1) is 0 Å². The van der Waals surface area contributed by atoms with E-state index in [0.717, 1.165) is 12.2 Å². The van der Waals surface area contributed by atoms with E-state index in [0.29, 0.717) is 6.04 Å². The van der Waals surface area contributed by atoms with Crippen molar-refractivity contribution in [3.63, 3.8) is 0 Å². The maximum atomic E-state index is 6.31. The van der Waals surface area contributed by atoms with Gasteiger partial charge in [0.05, 0.1) is 6.04 Å². The van der Waals surface area contributed by atoms with E-state index >= 15 is 0 Å². The van der Waals surface area contributed by atoms with E-state index in [9.17, 15) is 0 Å². The summed E-state index contributed by atoms with van der Waals surface area (Å²) in [6.45, 7) is 6.69. The molecular formula is C20H25NO. The molecule has 0 heterocycles. The van der Waals surface area contributed by atoms with Crippen molar-refractivity contribution in [3.05, 3.63) is 65.2 Å². The van der Waals surface area contributed by atoms with Gasteiger partial charge in [0, 0.05) is 0 Å². The predicted octanol–water partition coefficient (Wildman–Crippen LogP) is 4.25. The lowest BCUT2D eigenvalue weighted by Crippen LogP contribution is -2.32. The largest absolute Gasteiger partial charge is 0.484 e. The Morgan fingerprint density at radius 2 is 1.68 bits per heavy atom. The molecule has 0 bridgehead atoms. The number of rotatable bonds is 3. The number of likely N-dealkylation sites (N-methyl/N-ethyl adjacent to an activating group) is 1. The molecule has 2 heteroatoms. The van der Waals surface area contributed by atoms with E-state index in [2.05, 4.69) is 74.6 Å². The molecule has 0 aromatic heterocycles. The third-order valence-corrected chi connectivity index (χ3v) is 4.52. The lowest BCUT2D eigenvalue weighted by atomic mass is 9.87. The van der Waals surface area contributed by atoms with Crippen molar-refractivity contribution < 1.29 is 4.74 Å². The highest BCUT2D eigenvalue weighted by molar-refractivity contribution is 5.38. The normalized spacial score (nSPS) is 20.7. The quantitative estimate of drug-likeness (QED) is 0.914. The van der Waals surface area contributed by atoms with Crippen molar-refractivity contribution in [3.8, 4) is 5.75 Å². The molecule has 0 saturated heterocycles. The lowest BCUT2D eigenvalue weighted by molar-refractivity contribution is 0.172. The van der Waals surface area contributed by atoms with E-state index in [1.165, 1.54) is 16.7 Å². The molecule has 0 amide bonds. The fourth-order valence-electron chi connectivity index (χ4n) is 3.14. The van der Waals surface area contributed by atoms with Gasteiger partial charge in [-0.25, -0.2) is 0 Å². The molecule has 0 radical (unpaired) electrons. The first-order valence-electron chi connectivity index (χ1n) is 8.01. The summed E-state index contributed by atoms with van der Waals surface area (Å²) in [5.74, 6) is 0.940. The number of nitrogens with one attached hydrogen (secondary N) is 1. The molecule has 1 aliphatic carbocycles. The van der Waals surface area contributed by atoms with Crippen molar-refractivity contribution in [1.29, 1.82) is 0 Å². The van der Waals surface area contributed by atoms with Crippen molar-refractivity contribution in [2.75, 3.05) is 7.05 Å². The Balaban J connectivity index is 1.83. The molecule has 2 nitrogen and oxygen atoms in total. The van der Waals surface area contributed by atoms with Gasteiger partial charge in [-0.2, -0.15) is 0 Å². The fraction of sp³-hybridized carbons (Fsp3) is 0.400. The molecular weight excluding hydrogens is 270 g/mol. The third kappa shape index (κ3) is 2.89. The molecule has 0 unspecified atom stereocenters. The molecule has 2 aromatic carbocycles. The van der Waals surface area contributed by atoms with E-state index < -0.39 is 0 Å².